The molecule has 0 saturated carbocycles. The molecular formula is C23H25ClN4O2S. The lowest BCUT2D eigenvalue weighted by atomic mass is 10.1. The van der Waals surface area contributed by atoms with E-state index in [1.54, 1.807) is 9.80 Å². The van der Waals surface area contributed by atoms with Crippen molar-refractivity contribution in [1.29, 1.82) is 0 Å². The second kappa shape index (κ2) is 8.94. The molecule has 31 heavy (non-hydrogen) atoms. The van der Waals surface area contributed by atoms with Crippen molar-refractivity contribution in [3.63, 3.8) is 0 Å². The van der Waals surface area contributed by atoms with Crippen molar-refractivity contribution in [2.45, 2.75) is 13.3 Å². The topological polar surface area (TPSA) is 56.8 Å². The Morgan fingerprint density at radius 3 is 2.61 bits per heavy atom. The van der Waals surface area contributed by atoms with Gasteiger partial charge in [0.2, 0.25) is 11.8 Å². The van der Waals surface area contributed by atoms with Gasteiger partial charge < -0.3 is 9.80 Å². The summed E-state index contributed by atoms with van der Waals surface area (Å²) in [6.07, 6.45) is 0.205. The number of likely N-dealkylation sites (N-methyl/N-ethyl adjacent to an activating group) is 1. The summed E-state index contributed by atoms with van der Waals surface area (Å²) in [5, 5.41) is 1.26. The Morgan fingerprint density at radius 1 is 1.19 bits per heavy atom. The van der Waals surface area contributed by atoms with E-state index in [2.05, 4.69) is 0 Å². The first-order chi connectivity index (χ1) is 14.8. The first-order valence-corrected chi connectivity index (χ1v) is 11.4. The summed E-state index contributed by atoms with van der Waals surface area (Å²) >= 11 is 7.82. The number of fused-ring (bicyclic) bond motifs is 1. The lowest BCUT2D eigenvalue weighted by molar-refractivity contribution is -0.124. The maximum absolute atomic E-state index is 13.6. The number of benzene rings is 2. The molecule has 1 atom stereocenters. The van der Waals surface area contributed by atoms with Gasteiger partial charge in [-0.1, -0.05) is 47.2 Å². The van der Waals surface area contributed by atoms with Gasteiger partial charge in [-0.3, -0.25) is 14.5 Å². The summed E-state index contributed by atoms with van der Waals surface area (Å²) in [5.41, 5.74) is 2.67. The molecule has 0 radical (unpaired) electrons. The van der Waals surface area contributed by atoms with Crippen molar-refractivity contribution in [2.75, 3.05) is 43.5 Å². The van der Waals surface area contributed by atoms with Crippen molar-refractivity contribution in [1.82, 2.24) is 9.88 Å². The number of carbonyl (C=O) groups is 2. The van der Waals surface area contributed by atoms with Crippen LogP contribution in [0.5, 0.6) is 0 Å². The standard InChI is InChI=1S/C23H25ClN4O2S/c1-15-9-10-18(24)21-20(15)25-23(31-21)27(12-11-26(2)3)22(30)16-13-19(29)28(14-16)17-7-5-4-6-8-17/h4-10,16H,11-14H2,1-3H3. The van der Waals surface area contributed by atoms with E-state index in [0.29, 0.717) is 29.8 Å². The van der Waals surface area contributed by atoms with Gasteiger partial charge in [0, 0.05) is 31.7 Å². The number of thiazole rings is 1. The Morgan fingerprint density at radius 2 is 1.94 bits per heavy atom. The Hall–Kier alpha value is -2.48. The van der Waals surface area contributed by atoms with Gasteiger partial charge in [0.05, 0.1) is 21.2 Å². The van der Waals surface area contributed by atoms with E-state index in [0.717, 1.165) is 21.5 Å². The third kappa shape index (κ3) is 4.44. The fourth-order valence-corrected chi connectivity index (χ4v) is 5.11. The maximum Gasteiger partial charge on any atom is 0.234 e. The number of anilines is 2. The fraction of sp³-hybridized carbons (Fsp3) is 0.348. The fourth-order valence-electron chi connectivity index (χ4n) is 3.76. The van der Waals surface area contributed by atoms with Gasteiger partial charge in [-0.15, -0.1) is 0 Å². The highest BCUT2D eigenvalue weighted by Crippen LogP contribution is 2.37. The van der Waals surface area contributed by atoms with Crippen LogP contribution in [0, 0.1) is 12.8 Å². The molecule has 4 rings (SSSR count). The van der Waals surface area contributed by atoms with Crippen LogP contribution in [0.25, 0.3) is 10.2 Å². The van der Waals surface area contributed by atoms with Crippen molar-refractivity contribution in [3.05, 3.63) is 53.1 Å². The van der Waals surface area contributed by atoms with E-state index < -0.39 is 5.92 Å². The molecule has 1 aromatic heterocycles. The highest BCUT2D eigenvalue weighted by Gasteiger charge is 2.38. The van der Waals surface area contributed by atoms with Crippen LogP contribution in [0.2, 0.25) is 5.02 Å². The zero-order chi connectivity index (χ0) is 22.1. The van der Waals surface area contributed by atoms with Crippen LogP contribution >= 0.6 is 22.9 Å². The molecule has 1 fully saturated rings. The first-order valence-electron chi connectivity index (χ1n) is 10.2. The van der Waals surface area contributed by atoms with Crippen molar-refractivity contribution in [3.8, 4) is 0 Å². The number of hydrogen-bond donors (Lipinski definition) is 0. The number of rotatable bonds is 6. The summed E-state index contributed by atoms with van der Waals surface area (Å²) in [4.78, 5) is 36.5. The van der Waals surface area contributed by atoms with Crippen molar-refractivity contribution >= 4 is 55.8 Å². The number of carbonyl (C=O) groups excluding carboxylic acids is 2. The van der Waals surface area contributed by atoms with Gasteiger partial charge in [0.1, 0.15) is 0 Å². The monoisotopic (exact) mass is 456 g/mol. The molecule has 0 aliphatic carbocycles. The molecule has 0 N–H and O–H groups in total. The second-order valence-electron chi connectivity index (χ2n) is 8.07. The molecule has 0 bridgehead atoms. The average molecular weight is 457 g/mol. The van der Waals surface area contributed by atoms with E-state index in [9.17, 15) is 9.59 Å². The number of aromatic nitrogens is 1. The maximum atomic E-state index is 13.6. The van der Waals surface area contributed by atoms with Crippen LogP contribution in [0.1, 0.15) is 12.0 Å². The quantitative estimate of drug-likeness (QED) is 0.557. The van der Waals surface area contributed by atoms with Crippen LogP contribution in [-0.2, 0) is 9.59 Å². The van der Waals surface area contributed by atoms with Crippen LogP contribution in [-0.4, -0.2) is 55.4 Å². The van der Waals surface area contributed by atoms with Crippen LogP contribution in [0.3, 0.4) is 0 Å². The number of para-hydroxylation sites is 1. The number of nitrogens with zero attached hydrogens (tertiary/aromatic N) is 4. The molecule has 1 saturated heterocycles. The van der Waals surface area contributed by atoms with Crippen molar-refractivity contribution in [2.24, 2.45) is 5.92 Å². The summed E-state index contributed by atoms with van der Waals surface area (Å²) in [7, 11) is 3.94. The molecule has 1 aliphatic rings. The predicted molar refractivity (Wildman–Crippen MR) is 127 cm³/mol. The average Bonchev–Trinajstić information content (AvgIpc) is 3.36. The third-order valence-electron chi connectivity index (χ3n) is 5.50. The minimum Gasteiger partial charge on any atom is -0.312 e. The largest absolute Gasteiger partial charge is 0.312 e. The molecule has 1 aliphatic heterocycles. The van der Waals surface area contributed by atoms with Gasteiger partial charge in [0.15, 0.2) is 5.13 Å². The molecule has 6 nitrogen and oxygen atoms in total. The molecule has 8 heteroatoms. The van der Waals surface area contributed by atoms with Gasteiger partial charge in [-0.05, 0) is 44.8 Å². The van der Waals surface area contributed by atoms with Gasteiger partial charge in [0.25, 0.3) is 0 Å². The highest BCUT2D eigenvalue weighted by molar-refractivity contribution is 7.23. The normalized spacial score (nSPS) is 16.5. The molecule has 2 amide bonds. The minimum absolute atomic E-state index is 0.0275. The van der Waals surface area contributed by atoms with Crippen LogP contribution in [0.15, 0.2) is 42.5 Å². The van der Waals surface area contributed by atoms with Gasteiger partial charge >= 0.3 is 0 Å². The summed E-state index contributed by atoms with van der Waals surface area (Å²) < 4.78 is 0.882. The number of hydrogen-bond acceptors (Lipinski definition) is 5. The van der Waals surface area contributed by atoms with Crippen LogP contribution in [0.4, 0.5) is 10.8 Å². The molecule has 3 aromatic rings. The van der Waals surface area contributed by atoms with E-state index in [1.165, 1.54) is 11.3 Å². The molecule has 2 heterocycles. The lowest BCUT2D eigenvalue weighted by Gasteiger charge is -2.24. The summed E-state index contributed by atoms with van der Waals surface area (Å²) in [6.45, 7) is 3.56. The molecule has 0 spiro atoms. The molecule has 2 aromatic carbocycles. The Bertz CT molecular complexity index is 1080. The number of amides is 2. The van der Waals surface area contributed by atoms with E-state index in [-0.39, 0.29) is 18.2 Å². The highest BCUT2D eigenvalue weighted by atomic mass is 35.5. The first kappa shape index (κ1) is 21.7. The van der Waals surface area contributed by atoms with E-state index >= 15 is 0 Å². The zero-order valence-electron chi connectivity index (χ0n) is 17.8. The third-order valence-corrected chi connectivity index (χ3v) is 7.03. The lowest BCUT2D eigenvalue weighted by Crippen LogP contribution is -2.41. The second-order valence-corrected chi connectivity index (χ2v) is 9.46. The SMILES string of the molecule is Cc1ccc(Cl)c2sc(N(CCN(C)C)C(=O)C3CC(=O)N(c4ccccc4)C3)nc12. The van der Waals surface area contributed by atoms with E-state index in [1.807, 2.05) is 68.4 Å². The molecule has 1 unspecified atom stereocenters. The number of aryl methyl sites for hydroxylation is 1. The summed E-state index contributed by atoms with van der Waals surface area (Å²) in [5.74, 6) is -0.500. The molecular weight excluding hydrogens is 432 g/mol. The van der Waals surface area contributed by atoms with Gasteiger partial charge in [-0.25, -0.2) is 4.98 Å². The van der Waals surface area contributed by atoms with Crippen molar-refractivity contribution < 1.29 is 9.59 Å². The predicted octanol–water partition coefficient (Wildman–Crippen LogP) is 4.21. The summed E-state index contributed by atoms with van der Waals surface area (Å²) in [6, 6.07) is 13.3. The Labute approximate surface area is 191 Å². The van der Waals surface area contributed by atoms with E-state index in [4.69, 9.17) is 16.6 Å². The smallest absolute Gasteiger partial charge is 0.234 e. The zero-order valence-corrected chi connectivity index (χ0v) is 19.4. The van der Waals surface area contributed by atoms with Gasteiger partial charge in [-0.2, -0.15) is 0 Å². The molecule has 162 valence electrons. The van der Waals surface area contributed by atoms with Crippen LogP contribution < -0.4 is 9.80 Å². The Kier molecular flexibility index (Phi) is 6.27. The Balaban J connectivity index is 1.64. The number of halogens is 1. The minimum atomic E-state index is -0.404.